The zero-order valence-electron chi connectivity index (χ0n) is 12.2. The van der Waals surface area contributed by atoms with Gasteiger partial charge in [-0.2, -0.15) is 4.31 Å². The zero-order valence-corrected chi connectivity index (χ0v) is 13.8. The molecule has 20 heavy (non-hydrogen) atoms. The van der Waals surface area contributed by atoms with E-state index < -0.39 is 10.0 Å². The van der Waals surface area contributed by atoms with Crippen LogP contribution in [0.3, 0.4) is 0 Å². The predicted molar refractivity (Wildman–Crippen MR) is 81.3 cm³/mol. The van der Waals surface area contributed by atoms with Crippen molar-refractivity contribution in [1.29, 1.82) is 0 Å². The van der Waals surface area contributed by atoms with Crippen LogP contribution in [-0.2, 0) is 10.0 Å². The predicted octanol–water partition coefficient (Wildman–Crippen LogP) is 0.996. The molecule has 1 aromatic heterocycles. The van der Waals surface area contributed by atoms with Crippen LogP contribution in [0.4, 0.5) is 5.13 Å². The van der Waals surface area contributed by atoms with E-state index in [-0.39, 0.29) is 4.21 Å². The summed E-state index contributed by atoms with van der Waals surface area (Å²) in [7, 11) is 0.273. The molecule has 0 amide bonds. The maximum absolute atomic E-state index is 12.5. The lowest BCUT2D eigenvalue weighted by molar-refractivity contribution is 0.202. The summed E-state index contributed by atoms with van der Waals surface area (Å²) in [5, 5.41) is 0.300. The SMILES string of the molecule is Cc1nc(N)sc1S(=O)(=O)N(C)CC1CCN(C)CC1. The molecule has 0 bridgehead atoms. The number of thiazole rings is 1. The van der Waals surface area contributed by atoms with Crippen LogP contribution in [0.1, 0.15) is 18.5 Å². The summed E-state index contributed by atoms with van der Waals surface area (Å²) in [6.45, 7) is 4.31. The number of sulfonamides is 1. The third-order valence-corrected chi connectivity index (χ3v) is 7.17. The van der Waals surface area contributed by atoms with Crippen LogP contribution < -0.4 is 5.73 Å². The molecule has 0 atom stereocenters. The monoisotopic (exact) mass is 318 g/mol. The van der Waals surface area contributed by atoms with Gasteiger partial charge in [0, 0.05) is 13.6 Å². The fourth-order valence-corrected chi connectivity index (χ4v) is 5.22. The molecule has 6 nitrogen and oxygen atoms in total. The molecule has 2 heterocycles. The van der Waals surface area contributed by atoms with E-state index in [0.717, 1.165) is 37.3 Å². The Morgan fingerprint density at radius 3 is 2.55 bits per heavy atom. The van der Waals surface area contributed by atoms with Gasteiger partial charge in [0.25, 0.3) is 10.0 Å². The molecule has 114 valence electrons. The number of rotatable bonds is 4. The maximum Gasteiger partial charge on any atom is 0.254 e. The lowest BCUT2D eigenvalue weighted by Gasteiger charge is -2.31. The minimum absolute atomic E-state index is 0.269. The van der Waals surface area contributed by atoms with Crippen LogP contribution in [-0.4, -0.2) is 56.3 Å². The van der Waals surface area contributed by atoms with Gasteiger partial charge in [0.2, 0.25) is 0 Å². The molecule has 2 N–H and O–H groups in total. The summed E-state index contributed by atoms with van der Waals surface area (Å²) in [5.41, 5.74) is 6.08. The first kappa shape index (κ1) is 15.7. The van der Waals surface area contributed by atoms with Gasteiger partial charge in [-0.15, -0.1) is 0 Å². The standard InChI is InChI=1S/C12H22N4O2S2/c1-9-11(19-12(13)14-9)20(17,18)16(3)8-10-4-6-15(2)7-5-10/h10H,4-8H2,1-3H3,(H2,13,14). The van der Waals surface area contributed by atoms with Crippen molar-refractivity contribution in [3.8, 4) is 0 Å². The van der Waals surface area contributed by atoms with Gasteiger partial charge in [0.15, 0.2) is 9.34 Å². The summed E-state index contributed by atoms with van der Waals surface area (Å²) in [4.78, 5) is 6.28. The van der Waals surface area contributed by atoms with E-state index in [1.807, 2.05) is 0 Å². The Morgan fingerprint density at radius 2 is 2.05 bits per heavy atom. The second-order valence-electron chi connectivity index (χ2n) is 5.46. The number of likely N-dealkylation sites (tertiary alicyclic amines) is 1. The molecule has 1 aliphatic rings. The second kappa shape index (κ2) is 5.97. The van der Waals surface area contributed by atoms with Gasteiger partial charge < -0.3 is 10.6 Å². The van der Waals surface area contributed by atoms with Crippen molar-refractivity contribution in [3.05, 3.63) is 5.69 Å². The van der Waals surface area contributed by atoms with Crippen molar-refractivity contribution in [1.82, 2.24) is 14.2 Å². The number of anilines is 1. The average molecular weight is 318 g/mol. The number of aromatic nitrogens is 1. The number of nitrogens with two attached hydrogens (primary N) is 1. The number of nitrogen functional groups attached to an aromatic ring is 1. The van der Waals surface area contributed by atoms with Crippen molar-refractivity contribution in [2.75, 3.05) is 39.5 Å². The van der Waals surface area contributed by atoms with E-state index in [1.165, 1.54) is 4.31 Å². The van der Waals surface area contributed by atoms with Gasteiger partial charge >= 0.3 is 0 Å². The molecule has 0 saturated carbocycles. The highest BCUT2D eigenvalue weighted by Gasteiger charge is 2.29. The van der Waals surface area contributed by atoms with Crippen LogP contribution in [0.2, 0.25) is 0 Å². The lowest BCUT2D eigenvalue weighted by atomic mass is 9.97. The van der Waals surface area contributed by atoms with Crippen LogP contribution in [0, 0.1) is 12.8 Å². The van der Waals surface area contributed by atoms with Gasteiger partial charge in [0.05, 0.1) is 5.69 Å². The Hall–Kier alpha value is -0.700. The normalized spacial score (nSPS) is 18.8. The van der Waals surface area contributed by atoms with Crippen LogP contribution in [0.25, 0.3) is 0 Å². The van der Waals surface area contributed by atoms with Crippen molar-refractivity contribution >= 4 is 26.5 Å². The van der Waals surface area contributed by atoms with E-state index in [1.54, 1.807) is 14.0 Å². The molecule has 1 aromatic rings. The first-order valence-corrected chi connectivity index (χ1v) is 8.94. The smallest absolute Gasteiger partial charge is 0.254 e. The molecule has 0 unspecified atom stereocenters. The summed E-state index contributed by atoms with van der Waals surface area (Å²) < 4.78 is 26.8. The molecule has 1 aliphatic heterocycles. The number of hydrogen-bond donors (Lipinski definition) is 1. The third kappa shape index (κ3) is 3.30. The van der Waals surface area contributed by atoms with Crippen LogP contribution in [0.15, 0.2) is 4.21 Å². The Morgan fingerprint density at radius 1 is 1.45 bits per heavy atom. The van der Waals surface area contributed by atoms with E-state index in [0.29, 0.717) is 23.3 Å². The maximum atomic E-state index is 12.5. The van der Waals surface area contributed by atoms with Gasteiger partial charge in [-0.3, -0.25) is 0 Å². The number of piperidine rings is 1. The van der Waals surface area contributed by atoms with Crippen LogP contribution >= 0.6 is 11.3 Å². The summed E-state index contributed by atoms with van der Waals surface area (Å²) in [6.07, 6.45) is 2.08. The quantitative estimate of drug-likeness (QED) is 0.896. The molecule has 2 rings (SSSR count). The number of aryl methyl sites for hydroxylation is 1. The van der Waals surface area contributed by atoms with E-state index in [9.17, 15) is 8.42 Å². The number of hydrogen-bond acceptors (Lipinski definition) is 6. The summed E-state index contributed by atoms with van der Waals surface area (Å²) in [6, 6.07) is 0. The van der Waals surface area contributed by atoms with Gasteiger partial charge in [-0.1, -0.05) is 11.3 Å². The molecule has 8 heteroatoms. The number of nitrogens with zero attached hydrogens (tertiary/aromatic N) is 3. The molecule has 0 spiro atoms. The van der Waals surface area contributed by atoms with Crippen molar-refractivity contribution in [2.45, 2.75) is 24.0 Å². The van der Waals surface area contributed by atoms with E-state index in [2.05, 4.69) is 16.9 Å². The summed E-state index contributed by atoms with van der Waals surface area (Å²) in [5.74, 6) is 0.427. The Bertz CT molecular complexity index is 562. The topological polar surface area (TPSA) is 79.5 Å². The third-order valence-electron chi connectivity index (χ3n) is 3.77. The minimum atomic E-state index is -3.47. The average Bonchev–Trinajstić information content (AvgIpc) is 2.72. The Kier molecular flexibility index (Phi) is 4.68. The Labute approximate surface area is 124 Å². The second-order valence-corrected chi connectivity index (χ2v) is 8.73. The zero-order chi connectivity index (χ0) is 14.9. The highest BCUT2D eigenvalue weighted by molar-refractivity contribution is 7.91. The van der Waals surface area contributed by atoms with Gasteiger partial charge in [0.1, 0.15) is 0 Å². The van der Waals surface area contributed by atoms with Crippen molar-refractivity contribution in [2.24, 2.45) is 5.92 Å². The molecule has 0 aromatic carbocycles. The highest BCUT2D eigenvalue weighted by atomic mass is 32.2. The van der Waals surface area contributed by atoms with Crippen LogP contribution in [0.5, 0.6) is 0 Å². The Balaban J connectivity index is 2.08. The highest BCUT2D eigenvalue weighted by Crippen LogP contribution is 2.28. The van der Waals surface area contributed by atoms with Crippen molar-refractivity contribution < 1.29 is 8.42 Å². The largest absolute Gasteiger partial charge is 0.375 e. The first-order valence-electron chi connectivity index (χ1n) is 6.68. The molecule has 1 fully saturated rings. The molecular formula is C12H22N4O2S2. The van der Waals surface area contributed by atoms with Crippen molar-refractivity contribution in [3.63, 3.8) is 0 Å². The van der Waals surface area contributed by atoms with Gasteiger partial charge in [-0.25, -0.2) is 13.4 Å². The molecule has 0 radical (unpaired) electrons. The molecular weight excluding hydrogens is 296 g/mol. The molecule has 1 saturated heterocycles. The van der Waals surface area contributed by atoms with E-state index in [4.69, 9.17) is 5.73 Å². The minimum Gasteiger partial charge on any atom is -0.375 e. The fraction of sp³-hybridized carbons (Fsp3) is 0.750. The van der Waals surface area contributed by atoms with Gasteiger partial charge in [-0.05, 0) is 45.8 Å². The summed E-state index contributed by atoms with van der Waals surface area (Å²) >= 11 is 1.04. The van der Waals surface area contributed by atoms with E-state index >= 15 is 0 Å². The lowest BCUT2D eigenvalue weighted by Crippen LogP contribution is -2.37. The molecule has 0 aliphatic carbocycles. The first-order chi connectivity index (χ1) is 9.30. The fourth-order valence-electron chi connectivity index (χ4n) is 2.49.